The molecule has 1 atom stereocenters. The molecule has 2 heterocycles. The maximum atomic E-state index is 12.2. The molecule has 2 N–H and O–H groups in total. The Hall–Kier alpha value is -2.57. The molecule has 28 heavy (non-hydrogen) atoms. The summed E-state index contributed by atoms with van der Waals surface area (Å²) in [6, 6.07) is 20.2. The van der Waals surface area contributed by atoms with Crippen molar-refractivity contribution in [2.75, 3.05) is 18.9 Å². The van der Waals surface area contributed by atoms with Crippen LogP contribution in [-0.2, 0) is 9.53 Å². The van der Waals surface area contributed by atoms with Crippen molar-refractivity contribution in [3.8, 4) is 22.5 Å². The van der Waals surface area contributed by atoms with Crippen molar-refractivity contribution < 1.29 is 9.53 Å². The molecular weight excluding hydrogens is 370 g/mol. The molecule has 144 valence electrons. The zero-order valence-corrected chi connectivity index (χ0v) is 16.4. The Kier molecular flexibility index (Phi) is 6.09. The van der Waals surface area contributed by atoms with Crippen LogP contribution in [-0.4, -0.2) is 40.9 Å². The third-order valence-corrected chi connectivity index (χ3v) is 5.56. The highest BCUT2D eigenvalue weighted by Crippen LogP contribution is 2.32. The van der Waals surface area contributed by atoms with Crippen LogP contribution in [0.15, 0.2) is 65.8 Å². The number of ether oxygens (including phenoxy) is 1. The molecule has 6 heteroatoms. The van der Waals surface area contributed by atoms with Crippen LogP contribution in [0.25, 0.3) is 22.5 Å². The van der Waals surface area contributed by atoms with E-state index in [1.165, 1.54) is 11.8 Å². The first-order valence-corrected chi connectivity index (χ1v) is 10.5. The summed E-state index contributed by atoms with van der Waals surface area (Å²) >= 11 is 1.42. The molecule has 0 radical (unpaired) electrons. The monoisotopic (exact) mass is 393 g/mol. The molecule has 1 aliphatic heterocycles. The molecule has 0 unspecified atom stereocenters. The molecule has 0 bridgehead atoms. The van der Waals surface area contributed by atoms with Gasteiger partial charge in [0.15, 0.2) is 5.16 Å². The number of hydrogen-bond acceptors (Lipinski definition) is 4. The van der Waals surface area contributed by atoms with Crippen molar-refractivity contribution in [2.24, 2.45) is 0 Å². The van der Waals surface area contributed by atoms with E-state index in [-0.39, 0.29) is 12.0 Å². The van der Waals surface area contributed by atoms with E-state index in [0.29, 0.717) is 12.3 Å². The van der Waals surface area contributed by atoms with Crippen molar-refractivity contribution in [1.29, 1.82) is 0 Å². The first-order chi connectivity index (χ1) is 13.8. The normalized spacial score (nSPS) is 16.2. The number of H-pyrrole nitrogens is 1. The van der Waals surface area contributed by atoms with E-state index in [1.54, 1.807) is 0 Å². The Bertz CT molecular complexity index is 849. The standard InChI is InChI=1S/C22H23N3O2S/c26-19(23-14-18-12-7-13-27-18)15-28-22-24-20(16-8-3-1-4-9-16)21(25-22)17-10-5-2-6-11-17/h1-6,8-11,18H,7,12-15H2,(H,23,26)(H,24,25)/t18-/m1/s1. The second kappa shape index (κ2) is 9.08. The average Bonchev–Trinajstić information content (AvgIpc) is 3.42. The molecule has 4 rings (SSSR count). The smallest absolute Gasteiger partial charge is 0.230 e. The lowest BCUT2D eigenvalue weighted by Gasteiger charge is -2.10. The number of benzene rings is 2. The Morgan fingerprint density at radius 3 is 2.50 bits per heavy atom. The number of imidazole rings is 1. The van der Waals surface area contributed by atoms with E-state index in [0.717, 1.165) is 47.1 Å². The van der Waals surface area contributed by atoms with Crippen molar-refractivity contribution in [3.63, 3.8) is 0 Å². The van der Waals surface area contributed by atoms with Gasteiger partial charge in [-0.2, -0.15) is 0 Å². The second-order valence-corrected chi connectivity index (χ2v) is 7.69. The van der Waals surface area contributed by atoms with Gasteiger partial charge < -0.3 is 15.0 Å². The van der Waals surface area contributed by atoms with Crippen LogP contribution < -0.4 is 5.32 Å². The zero-order chi connectivity index (χ0) is 19.2. The summed E-state index contributed by atoms with van der Waals surface area (Å²) < 4.78 is 5.54. The minimum Gasteiger partial charge on any atom is -0.376 e. The molecule has 0 saturated carbocycles. The van der Waals surface area contributed by atoms with Gasteiger partial charge in [-0.15, -0.1) is 0 Å². The van der Waals surface area contributed by atoms with Gasteiger partial charge in [0.2, 0.25) is 5.91 Å². The van der Waals surface area contributed by atoms with Gasteiger partial charge in [0.05, 0.1) is 23.2 Å². The third-order valence-electron chi connectivity index (χ3n) is 4.68. The molecule has 1 aromatic heterocycles. The maximum Gasteiger partial charge on any atom is 0.230 e. The van der Waals surface area contributed by atoms with Gasteiger partial charge in [0.1, 0.15) is 0 Å². The van der Waals surface area contributed by atoms with Gasteiger partial charge in [0.25, 0.3) is 0 Å². The largest absolute Gasteiger partial charge is 0.376 e. The summed E-state index contributed by atoms with van der Waals surface area (Å²) in [5.74, 6) is 0.322. The lowest BCUT2D eigenvalue weighted by molar-refractivity contribution is -0.119. The molecule has 5 nitrogen and oxygen atoms in total. The van der Waals surface area contributed by atoms with Crippen LogP contribution in [0.3, 0.4) is 0 Å². The first kappa shape index (κ1) is 18.8. The van der Waals surface area contributed by atoms with Crippen molar-refractivity contribution >= 4 is 17.7 Å². The fraction of sp³-hybridized carbons (Fsp3) is 0.273. The van der Waals surface area contributed by atoms with Gasteiger partial charge in [-0.1, -0.05) is 72.4 Å². The Labute approximate surface area is 168 Å². The van der Waals surface area contributed by atoms with Gasteiger partial charge in [-0.3, -0.25) is 4.79 Å². The first-order valence-electron chi connectivity index (χ1n) is 9.51. The van der Waals surface area contributed by atoms with Crippen LogP contribution in [0, 0.1) is 0 Å². The Morgan fingerprint density at radius 2 is 1.82 bits per heavy atom. The fourth-order valence-electron chi connectivity index (χ4n) is 3.26. The molecule has 1 aliphatic rings. The van der Waals surface area contributed by atoms with Crippen molar-refractivity contribution in [2.45, 2.75) is 24.1 Å². The van der Waals surface area contributed by atoms with E-state index in [4.69, 9.17) is 9.72 Å². The quantitative estimate of drug-likeness (QED) is 0.592. The Morgan fingerprint density at radius 1 is 1.11 bits per heavy atom. The zero-order valence-electron chi connectivity index (χ0n) is 15.6. The molecule has 3 aromatic rings. The number of rotatable bonds is 7. The maximum absolute atomic E-state index is 12.2. The van der Waals surface area contributed by atoms with Crippen LogP contribution in [0.5, 0.6) is 0 Å². The molecule has 1 amide bonds. The highest BCUT2D eigenvalue weighted by atomic mass is 32.2. The lowest BCUT2D eigenvalue weighted by atomic mass is 10.1. The number of carbonyl (C=O) groups excluding carboxylic acids is 1. The van der Waals surface area contributed by atoms with Gasteiger partial charge in [-0.25, -0.2) is 4.98 Å². The van der Waals surface area contributed by atoms with Crippen LogP contribution in [0.1, 0.15) is 12.8 Å². The molecule has 1 saturated heterocycles. The summed E-state index contributed by atoms with van der Waals surface area (Å²) in [6.45, 7) is 1.38. The SMILES string of the molecule is O=C(CSc1nc(-c2ccccc2)c(-c2ccccc2)[nH]1)NC[C@H]1CCCO1. The fourth-order valence-corrected chi connectivity index (χ4v) is 3.96. The number of aromatic nitrogens is 2. The number of nitrogens with one attached hydrogen (secondary N) is 2. The highest BCUT2D eigenvalue weighted by molar-refractivity contribution is 7.99. The number of carbonyl (C=O) groups is 1. The minimum atomic E-state index is -0.000535. The molecule has 1 fully saturated rings. The highest BCUT2D eigenvalue weighted by Gasteiger charge is 2.17. The van der Waals surface area contributed by atoms with Gasteiger partial charge in [0, 0.05) is 24.3 Å². The van der Waals surface area contributed by atoms with E-state index >= 15 is 0 Å². The number of hydrogen-bond donors (Lipinski definition) is 2. The average molecular weight is 394 g/mol. The van der Waals surface area contributed by atoms with Crippen LogP contribution in [0.2, 0.25) is 0 Å². The number of amides is 1. The van der Waals surface area contributed by atoms with Gasteiger partial charge in [-0.05, 0) is 12.8 Å². The molecule has 0 spiro atoms. The summed E-state index contributed by atoms with van der Waals surface area (Å²) in [7, 11) is 0. The molecular formula is C22H23N3O2S. The van der Waals surface area contributed by atoms with E-state index in [9.17, 15) is 4.79 Å². The number of aromatic amines is 1. The Balaban J connectivity index is 1.47. The van der Waals surface area contributed by atoms with Crippen molar-refractivity contribution in [1.82, 2.24) is 15.3 Å². The van der Waals surface area contributed by atoms with Crippen LogP contribution >= 0.6 is 11.8 Å². The third kappa shape index (κ3) is 4.64. The van der Waals surface area contributed by atoms with Crippen molar-refractivity contribution in [3.05, 3.63) is 60.7 Å². The van der Waals surface area contributed by atoms with E-state index in [2.05, 4.69) is 22.4 Å². The van der Waals surface area contributed by atoms with E-state index < -0.39 is 0 Å². The van der Waals surface area contributed by atoms with E-state index in [1.807, 2.05) is 48.5 Å². The topological polar surface area (TPSA) is 67.0 Å². The molecule has 2 aromatic carbocycles. The minimum absolute atomic E-state index is 0.000535. The predicted octanol–water partition coefficient (Wildman–Crippen LogP) is 4.13. The summed E-state index contributed by atoms with van der Waals surface area (Å²) in [4.78, 5) is 20.3. The number of nitrogens with zero attached hydrogens (tertiary/aromatic N) is 1. The van der Waals surface area contributed by atoms with Crippen LogP contribution in [0.4, 0.5) is 0 Å². The molecule has 0 aliphatic carbocycles. The predicted molar refractivity (Wildman–Crippen MR) is 112 cm³/mol. The summed E-state index contributed by atoms with van der Waals surface area (Å²) in [6.07, 6.45) is 2.26. The lowest BCUT2D eigenvalue weighted by Crippen LogP contribution is -2.32. The number of thioether (sulfide) groups is 1. The second-order valence-electron chi connectivity index (χ2n) is 6.73. The van der Waals surface area contributed by atoms with Gasteiger partial charge >= 0.3 is 0 Å². The summed E-state index contributed by atoms with van der Waals surface area (Å²) in [5, 5.41) is 3.69. The summed E-state index contributed by atoms with van der Waals surface area (Å²) in [5.41, 5.74) is 3.99.